The largest absolute Gasteiger partial charge is 0.309 e. The Hall–Kier alpha value is -0.900. The van der Waals surface area contributed by atoms with Gasteiger partial charge in [-0.15, -0.1) is 0 Å². The summed E-state index contributed by atoms with van der Waals surface area (Å²) in [5.41, 5.74) is 4.19. The maximum absolute atomic E-state index is 5.36. The maximum Gasteiger partial charge on any atom is 0.0933 e. The monoisotopic (exact) mass is 222 g/mol. The molecule has 0 amide bonds. The molecule has 1 rings (SSSR count). The van der Waals surface area contributed by atoms with E-state index in [1.54, 1.807) is 0 Å². The number of nitrogens with zero attached hydrogens (tertiary/aromatic N) is 1. The molecule has 0 fully saturated rings. The van der Waals surface area contributed by atoms with Crippen molar-refractivity contribution in [3.63, 3.8) is 0 Å². The molecule has 0 aliphatic heterocycles. The van der Waals surface area contributed by atoms with Gasteiger partial charge in [-0.25, -0.2) is 5.48 Å². The Kier molecular flexibility index (Phi) is 6.81. The van der Waals surface area contributed by atoms with Crippen molar-refractivity contribution < 1.29 is 4.84 Å². The van der Waals surface area contributed by atoms with Gasteiger partial charge in [0.15, 0.2) is 0 Å². The molecule has 1 N–H and O–H groups in total. The van der Waals surface area contributed by atoms with E-state index in [1.165, 1.54) is 12.0 Å². The molecule has 0 spiro atoms. The summed E-state index contributed by atoms with van der Waals surface area (Å²) in [6.07, 6.45) is 2.35. The number of benzene rings is 1. The van der Waals surface area contributed by atoms with Crippen molar-refractivity contribution in [2.75, 3.05) is 27.2 Å². The van der Waals surface area contributed by atoms with Crippen LogP contribution >= 0.6 is 0 Å². The molecule has 3 nitrogen and oxygen atoms in total. The summed E-state index contributed by atoms with van der Waals surface area (Å²) in [5, 5.41) is 0. The van der Waals surface area contributed by atoms with Gasteiger partial charge in [0.25, 0.3) is 0 Å². The van der Waals surface area contributed by atoms with Gasteiger partial charge < -0.3 is 4.90 Å². The van der Waals surface area contributed by atoms with Gasteiger partial charge >= 0.3 is 0 Å². The predicted molar refractivity (Wildman–Crippen MR) is 67.0 cm³/mol. The van der Waals surface area contributed by atoms with Crippen molar-refractivity contribution in [1.29, 1.82) is 0 Å². The van der Waals surface area contributed by atoms with Gasteiger partial charge in [-0.05, 0) is 39.0 Å². The molecule has 0 aliphatic rings. The highest BCUT2D eigenvalue weighted by atomic mass is 16.6. The van der Waals surface area contributed by atoms with E-state index in [1.807, 2.05) is 18.2 Å². The minimum Gasteiger partial charge on any atom is -0.309 e. The smallest absolute Gasteiger partial charge is 0.0933 e. The Balaban J connectivity index is 1.93. The first-order chi connectivity index (χ1) is 7.79. The second-order valence-electron chi connectivity index (χ2n) is 4.18. The van der Waals surface area contributed by atoms with Crippen molar-refractivity contribution in [1.82, 2.24) is 10.4 Å². The van der Waals surface area contributed by atoms with Crippen LogP contribution in [0.25, 0.3) is 0 Å². The predicted octanol–water partition coefficient (Wildman–Crippen LogP) is 2.05. The van der Waals surface area contributed by atoms with Crippen LogP contribution in [0.1, 0.15) is 18.4 Å². The summed E-state index contributed by atoms with van der Waals surface area (Å²) < 4.78 is 0. The lowest BCUT2D eigenvalue weighted by atomic mass is 10.2. The Labute approximate surface area is 98.4 Å². The first kappa shape index (κ1) is 13.2. The van der Waals surface area contributed by atoms with Crippen LogP contribution in [0.4, 0.5) is 0 Å². The lowest BCUT2D eigenvalue weighted by Crippen LogP contribution is -2.18. The minimum atomic E-state index is 0.633. The van der Waals surface area contributed by atoms with Gasteiger partial charge in [0.1, 0.15) is 0 Å². The Bertz CT molecular complexity index is 262. The average molecular weight is 222 g/mol. The van der Waals surface area contributed by atoms with E-state index in [-0.39, 0.29) is 0 Å². The SMILES string of the molecule is CN(C)CCCCNOCc1ccccc1. The molecule has 0 bridgehead atoms. The van der Waals surface area contributed by atoms with Crippen molar-refractivity contribution >= 4 is 0 Å². The summed E-state index contributed by atoms with van der Waals surface area (Å²) in [6.45, 7) is 2.69. The van der Waals surface area contributed by atoms with Crippen molar-refractivity contribution in [3.05, 3.63) is 35.9 Å². The van der Waals surface area contributed by atoms with E-state index in [0.29, 0.717) is 6.61 Å². The van der Waals surface area contributed by atoms with E-state index in [4.69, 9.17) is 4.84 Å². The molecular weight excluding hydrogens is 200 g/mol. The van der Waals surface area contributed by atoms with Gasteiger partial charge in [-0.3, -0.25) is 4.84 Å². The van der Waals surface area contributed by atoms with E-state index in [2.05, 4.69) is 36.6 Å². The summed E-state index contributed by atoms with van der Waals surface area (Å²) in [6, 6.07) is 10.2. The van der Waals surface area contributed by atoms with E-state index >= 15 is 0 Å². The maximum atomic E-state index is 5.36. The molecule has 0 aliphatic carbocycles. The third-order valence-corrected chi connectivity index (χ3v) is 2.32. The minimum absolute atomic E-state index is 0.633. The molecule has 16 heavy (non-hydrogen) atoms. The molecule has 1 aromatic carbocycles. The zero-order valence-electron chi connectivity index (χ0n) is 10.3. The van der Waals surface area contributed by atoms with Crippen LogP contribution in [-0.2, 0) is 11.4 Å². The molecule has 1 aromatic rings. The molecule has 0 saturated carbocycles. The van der Waals surface area contributed by atoms with Crippen LogP contribution in [0.3, 0.4) is 0 Å². The Morgan fingerprint density at radius 3 is 2.56 bits per heavy atom. The average Bonchev–Trinajstić information content (AvgIpc) is 2.29. The first-order valence-electron chi connectivity index (χ1n) is 5.82. The Morgan fingerprint density at radius 1 is 1.12 bits per heavy atom. The summed E-state index contributed by atoms with van der Waals surface area (Å²) in [4.78, 5) is 7.56. The van der Waals surface area contributed by atoms with Crippen molar-refractivity contribution in [3.8, 4) is 0 Å². The van der Waals surface area contributed by atoms with Crippen LogP contribution in [-0.4, -0.2) is 32.1 Å². The van der Waals surface area contributed by atoms with Crippen LogP contribution < -0.4 is 5.48 Å². The highest BCUT2D eigenvalue weighted by Gasteiger charge is 1.93. The van der Waals surface area contributed by atoms with Crippen molar-refractivity contribution in [2.45, 2.75) is 19.4 Å². The van der Waals surface area contributed by atoms with E-state index in [0.717, 1.165) is 19.5 Å². The highest BCUT2D eigenvalue weighted by molar-refractivity contribution is 5.13. The highest BCUT2D eigenvalue weighted by Crippen LogP contribution is 1.99. The molecule has 0 unspecified atom stereocenters. The van der Waals surface area contributed by atoms with E-state index < -0.39 is 0 Å². The van der Waals surface area contributed by atoms with Crippen LogP contribution in [0.2, 0.25) is 0 Å². The molecule has 0 radical (unpaired) electrons. The van der Waals surface area contributed by atoms with Crippen LogP contribution in [0.5, 0.6) is 0 Å². The normalized spacial score (nSPS) is 10.9. The molecule has 0 atom stereocenters. The summed E-state index contributed by atoms with van der Waals surface area (Å²) >= 11 is 0. The molecular formula is C13H22N2O. The number of hydrogen-bond donors (Lipinski definition) is 1. The third kappa shape index (κ3) is 6.56. The zero-order valence-corrected chi connectivity index (χ0v) is 10.3. The summed E-state index contributed by atoms with van der Waals surface area (Å²) in [7, 11) is 4.19. The number of unbranched alkanes of at least 4 members (excludes halogenated alkanes) is 1. The molecule has 0 heterocycles. The van der Waals surface area contributed by atoms with Gasteiger partial charge in [-0.1, -0.05) is 30.3 Å². The fraction of sp³-hybridized carbons (Fsp3) is 0.538. The second kappa shape index (κ2) is 8.28. The fourth-order valence-corrected chi connectivity index (χ4v) is 1.41. The third-order valence-electron chi connectivity index (χ3n) is 2.32. The van der Waals surface area contributed by atoms with Gasteiger partial charge in [0.2, 0.25) is 0 Å². The lowest BCUT2D eigenvalue weighted by Gasteiger charge is -2.09. The quantitative estimate of drug-likeness (QED) is 0.538. The fourth-order valence-electron chi connectivity index (χ4n) is 1.41. The zero-order chi connectivity index (χ0) is 11.6. The Morgan fingerprint density at radius 2 is 1.88 bits per heavy atom. The van der Waals surface area contributed by atoms with Crippen LogP contribution in [0.15, 0.2) is 30.3 Å². The number of hydrogen-bond acceptors (Lipinski definition) is 3. The van der Waals surface area contributed by atoms with Gasteiger partial charge in [0, 0.05) is 6.54 Å². The van der Waals surface area contributed by atoms with Gasteiger partial charge in [0.05, 0.1) is 6.61 Å². The molecule has 0 saturated heterocycles. The number of hydroxylamine groups is 1. The molecule has 3 heteroatoms. The molecule has 90 valence electrons. The first-order valence-corrected chi connectivity index (χ1v) is 5.82. The topological polar surface area (TPSA) is 24.5 Å². The standard InChI is InChI=1S/C13H22N2O/c1-15(2)11-7-6-10-14-16-12-13-8-4-3-5-9-13/h3-5,8-9,14H,6-7,10-12H2,1-2H3. The number of rotatable bonds is 8. The lowest BCUT2D eigenvalue weighted by molar-refractivity contribution is 0.0271. The number of nitrogens with one attached hydrogen (secondary N) is 1. The van der Waals surface area contributed by atoms with E-state index in [9.17, 15) is 0 Å². The molecule has 0 aromatic heterocycles. The second-order valence-corrected chi connectivity index (χ2v) is 4.18. The summed E-state index contributed by atoms with van der Waals surface area (Å²) in [5.74, 6) is 0. The van der Waals surface area contributed by atoms with Crippen molar-refractivity contribution in [2.24, 2.45) is 0 Å². The van der Waals surface area contributed by atoms with Crippen LogP contribution in [0, 0.1) is 0 Å². The van der Waals surface area contributed by atoms with Gasteiger partial charge in [-0.2, -0.15) is 0 Å².